The average Bonchev–Trinajstić information content (AvgIpc) is 2.49. The van der Waals surface area contributed by atoms with Crippen LogP contribution in [0.2, 0.25) is 0 Å². The van der Waals surface area contributed by atoms with Crippen molar-refractivity contribution in [3.8, 4) is 0 Å². The van der Waals surface area contributed by atoms with Crippen molar-refractivity contribution in [2.75, 3.05) is 6.54 Å². The number of nitrogens with one attached hydrogen (secondary N) is 1. The SMILES string of the molecule is CCC1CCCCN1C(=O)N/C=C/c1ccccc1C. The van der Waals surface area contributed by atoms with Crippen molar-refractivity contribution < 1.29 is 4.79 Å². The molecule has 1 unspecified atom stereocenters. The van der Waals surface area contributed by atoms with E-state index in [0.717, 1.165) is 31.4 Å². The van der Waals surface area contributed by atoms with Gasteiger partial charge in [-0.05, 0) is 49.8 Å². The van der Waals surface area contributed by atoms with E-state index in [-0.39, 0.29) is 6.03 Å². The van der Waals surface area contributed by atoms with E-state index in [4.69, 9.17) is 0 Å². The molecule has 108 valence electrons. The zero-order valence-electron chi connectivity index (χ0n) is 12.4. The summed E-state index contributed by atoms with van der Waals surface area (Å²) in [4.78, 5) is 14.2. The van der Waals surface area contributed by atoms with Crippen molar-refractivity contribution in [3.05, 3.63) is 41.6 Å². The molecule has 1 aromatic carbocycles. The number of hydrogen-bond acceptors (Lipinski definition) is 1. The number of piperidine rings is 1. The molecular formula is C17H24N2O. The van der Waals surface area contributed by atoms with Crippen LogP contribution in [-0.2, 0) is 0 Å². The van der Waals surface area contributed by atoms with Gasteiger partial charge in [-0.3, -0.25) is 0 Å². The Labute approximate surface area is 121 Å². The van der Waals surface area contributed by atoms with E-state index in [9.17, 15) is 4.79 Å². The van der Waals surface area contributed by atoms with E-state index in [1.54, 1.807) is 6.20 Å². The van der Waals surface area contributed by atoms with Gasteiger partial charge in [0.05, 0.1) is 0 Å². The molecule has 0 aliphatic carbocycles. The Morgan fingerprint density at radius 2 is 2.20 bits per heavy atom. The quantitative estimate of drug-likeness (QED) is 0.888. The van der Waals surface area contributed by atoms with E-state index in [1.807, 2.05) is 29.2 Å². The lowest BCUT2D eigenvalue weighted by Gasteiger charge is -2.34. The Kier molecular flexibility index (Phi) is 5.22. The molecule has 1 fully saturated rings. The summed E-state index contributed by atoms with van der Waals surface area (Å²) in [5.74, 6) is 0. The molecule has 0 bridgehead atoms. The van der Waals surface area contributed by atoms with Gasteiger partial charge < -0.3 is 10.2 Å². The molecular weight excluding hydrogens is 248 g/mol. The van der Waals surface area contributed by atoms with Crippen LogP contribution >= 0.6 is 0 Å². The van der Waals surface area contributed by atoms with Gasteiger partial charge in [-0.15, -0.1) is 0 Å². The number of carbonyl (C=O) groups excluding carboxylic acids is 1. The highest BCUT2D eigenvalue weighted by molar-refractivity contribution is 5.76. The Morgan fingerprint density at radius 3 is 2.95 bits per heavy atom. The van der Waals surface area contributed by atoms with Crippen LogP contribution < -0.4 is 5.32 Å². The molecule has 20 heavy (non-hydrogen) atoms. The van der Waals surface area contributed by atoms with E-state index in [1.165, 1.54) is 12.0 Å². The summed E-state index contributed by atoms with van der Waals surface area (Å²) in [6.07, 6.45) is 8.23. The largest absolute Gasteiger partial charge is 0.322 e. The molecule has 2 amide bonds. The third-order valence-corrected chi connectivity index (χ3v) is 4.02. The first kappa shape index (κ1) is 14.6. The number of likely N-dealkylation sites (tertiary alicyclic amines) is 1. The number of carbonyl (C=O) groups is 1. The number of aryl methyl sites for hydroxylation is 1. The van der Waals surface area contributed by atoms with Gasteiger partial charge in [0.2, 0.25) is 0 Å². The van der Waals surface area contributed by atoms with Crippen molar-refractivity contribution in [1.29, 1.82) is 0 Å². The summed E-state index contributed by atoms with van der Waals surface area (Å²) in [6, 6.07) is 8.57. The first-order chi connectivity index (χ1) is 9.72. The summed E-state index contributed by atoms with van der Waals surface area (Å²) in [6.45, 7) is 5.10. The minimum Gasteiger partial charge on any atom is -0.322 e. The molecule has 3 nitrogen and oxygen atoms in total. The topological polar surface area (TPSA) is 32.3 Å². The molecule has 1 atom stereocenters. The molecule has 0 aromatic heterocycles. The predicted molar refractivity (Wildman–Crippen MR) is 83.4 cm³/mol. The van der Waals surface area contributed by atoms with E-state index in [0.29, 0.717) is 6.04 Å². The maximum atomic E-state index is 12.2. The molecule has 1 saturated heterocycles. The maximum Gasteiger partial charge on any atom is 0.321 e. The highest BCUT2D eigenvalue weighted by atomic mass is 16.2. The molecule has 1 aliphatic heterocycles. The monoisotopic (exact) mass is 272 g/mol. The predicted octanol–water partition coefficient (Wildman–Crippen LogP) is 3.94. The smallest absolute Gasteiger partial charge is 0.321 e. The van der Waals surface area contributed by atoms with Crippen LogP contribution in [-0.4, -0.2) is 23.5 Å². The fourth-order valence-electron chi connectivity index (χ4n) is 2.75. The Balaban J connectivity index is 1.93. The molecule has 0 radical (unpaired) electrons. The minimum absolute atomic E-state index is 0.0291. The second kappa shape index (κ2) is 7.13. The van der Waals surface area contributed by atoms with Crippen LogP contribution in [0, 0.1) is 6.92 Å². The average molecular weight is 272 g/mol. The van der Waals surface area contributed by atoms with Gasteiger partial charge >= 0.3 is 6.03 Å². The fourth-order valence-corrected chi connectivity index (χ4v) is 2.75. The minimum atomic E-state index is 0.0291. The zero-order valence-corrected chi connectivity index (χ0v) is 12.4. The van der Waals surface area contributed by atoms with Gasteiger partial charge in [0, 0.05) is 18.8 Å². The number of urea groups is 1. The second-order valence-electron chi connectivity index (χ2n) is 5.39. The summed E-state index contributed by atoms with van der Waals surface area (Å²) >= 11 is 0. The third-order valence-electron chi connectivity index (χ3n) is 4.02. The van der Waals surface area contributed by atoms with Crippen molar-refractivity contribution in [3.63, 3.8) is 0 Å². The summed E-state index contributed by atoms with van der Waals surface area (Å²) in [5.41, 5.74) is 2.35. The number of benzene rings is 1. The highest BCUT2D eigenvalue weighted by Crippen LogP contribution is 2.19. The van der Waals surface area contributed by atoms with Crippen LogP contribution in [0.5, 0.6) is 0 Å². The summed E-state index contributed by atoms with van der Waals surface area (Å²) < 4.78 is 0. The van der Waals surface area contributed by atoms with Crippen molar-refractivity contribution in [2.24, 2.45) is 0 Å². The van der Waals surface area contributed by atoms with E-state index < -0.39 is 0 Å². The maximum absolute atomic E-state index is 12.2. The van der Waals surface area contributed by atoms with E-state index >= 15 is 0 Å². The Hall–Kier alpha value is -1.77. The highest BCUT2D eigenvalue weighted by Gasteiger charge is 2.24. The molecule has 1 heterocycles. The van der Waals surface area contributed by atoms with Crippen molar-refractivity contribution >= 4 is 12.1 Å². The van der Waals surface area contributed by atoms with Gasteiger partial charge in [-0.1, -0.05) is 31.2 Å². The molecule has 3 heteroatoms. The molecule has 1 N–H and O–H groups in total. The third kappa shape index (κ3) is 3.62. The van der Waals surface area contributed by atoms with Crippen molar-refractivity contribution in [1.82, 2.24) is 10.2 Å². The van der Waals surface area contributed by atoms with Gasteiger partial charge in [0.25, 0.3) is 0 Å². The Bertz CT molecular complexity index is 482. The van der Waals surface area contributed by atoms with Crippen LogP contribution in [0.1, 0.15) is 43.7 Å². The van der Waals surface area contributed by atoms with Gasteiger partial charge in [0.15, 0.2) is 0 Å². The zero-order chi connectivity index (χ0) is 14.4. The molecule has 1 aliphatic rings. The number of nitrogens with zero attached hydrogens (tertiary/aromatic N) is 1. The summed E-state index contributed by atoms with van der Waals surface area (Å²) in [7, 11) is 0. The first-order valence-electron chi connectivity index (χ1n) is 7.51. The molecule has 2 rings (SSSR count). The number of rotatable bonds is 3. The lowest BCUT2D eigenvalue weighted by atomic mass is 10.0. The first-order valence-corrected chi connectivity index (χ1v) is 7.51. The van der Waals surface area contributed by atoms with Gasteiger partial charge in [-0.25, -0.2) is 4.79 Å². The molecule has 0 spiro atoms. The lowest BCUT2D eigenvalue weighted by molar-refractivity contribution is 0.152. The number of amides is 2. The van der Waals surface area contributed by atoms with E-state index in [2.05, 4.69) is 25.2 Å². The second-order valence-corrected chi connectivity index (χ2v) is 5.39. The fraction of sp³-hybridized carbons (Fsp3) is 0.471. The Morgan fingerprint density at radius 1 is 1.40 bits per heavy atom. The van der Waals surface area contributed by atoms with Crippen LogP contribution in [0.4, 0.5) is 4.79 Å². The normalized spacial score (nSPS) is 19.3. The van der Waals surface area contributed by atoms with Crippen LogP contribution in [0.15, 0.2) is 30.5 Å². The van der Waals surface area contributed by atoms with Crippen LogP contribution in [0.3, 0.4) is 0 Å². The van der Waals surface area contributed by atoms with Crippen LogP contribution in [0.25, 0.3) is 6.08 Å². The van der Waals surface area contributed by atoms with Gasteiger partial charge in [-0.2, -0.15) is 0 Å². The lowest BCUT2D eigenvalue weighted by Crippen LogP contribution is -2.47. The summed E-state index contributed by atoms with van der Waals surface area (Å²) in [5, 5.41) is 2.90. The van der Waals surface area contributed by atoms with Crippen molar-refractivity contribution in [2.45, 2.75) is 45.6 Å². The number of hydrogen-bond donors (Lipinski definition) is 1. The van der Waals surface area contributed by atoms with Gasteiger partial charge in [0.1, 0.15) is 0 Å². The molecule has 1 aromatic rings. The standard InChI is InChI=1S/C17H24N2O/c1-3-16-10-6-7-13-19(16)17(20)18-12-11-15-9-5-4-8-14(15)2/h4-5,8-9,11-12,16H,3,6-7,10,13H2,1-2H3,(H,18,20)/b12-11+. The molecule has 0 saturated carbocycles.